The third-order valence-electron chi connectivity index (χ3n) is 3.13. The highest BCUT2D eigenvalue weighted by atomic mass is 127. The summed E-state index contributed by atoms with van der Waals surface area (Å²) in [6, 6.07) is 13.6. The first-order valence-corrected chi connectivity index (χ1v) is 8.47. The van der Waals surface area contributed by atoms with Crippen LogP contribution in [0.2, 0.25) is 5.02 Å². The number of carbonyl (C=O) groups is 1. The summed E-state index contributed by atoms with van der Waals surface area (Å²) in [5.74, 6) is 0.0476. The number of amides is 1. The number of nitrogens with one attached hydrogen (secondary N) is 1. The number of anilines is 1. The second kappa shape index (κ2) is 5.95. The van der Waals surface area contributed by atoms with Crippen LogP contribution in [0.3, 0.4) is 0 Å². The Morgan fingerprint density at radius 3 is 2.85 bits per heavy atom. The molecule has 0 fully saturated rings. The smallest absolute Gasteiger partial charge is 0.238 e. The van der Waals surface area contributed by atoms with Crippen molar-refractivity contribution in [3.63, 3.8) is 0 Å². The minimum atomic E-state index is -0.0566. The standard InChI is InChI=1S/C15H11ClINOS/c16-10-5-6-12(11(17)8-10)18-15(19)14-7-9-3-1-2-4-13(9)20-14/h1-6,8,14H,7H2,(H,18,19). The molecule has 1 heterocycles. The number of hydrogen-bond acceptors (Lipinski definition) is 2. The summed E-state index contributed by atoms with van der Waals surface area (Å²) >= 11 is 9.73. The molecule has 20 heavy (non-hydrogen) atoms. The van der Waals surface area contributed by atoms with Crippen molar-refractivity contribution in [1.82, 2.24) is 0 Å². The molecule has 1 amide bonds. The largest absolute Gasteiger partial charge is 0.324 e. The first-order valence-electron chi connectivity index (χ1n) is 6.14. The molecule has 1 aliphatic heterocycles. The SMILES string of the molecule is O=C(Nc1ccc(Cl)cc1I)C1Cc2ccccc2S1. The van der Waals surface area contributed by atoms with E-state index >= 15 is 0 Å². The van der Waals surface area contributed by atoms with E-state index in [1.54, 1.807) is 17.8 Å². The van der Waals surface area contributed by atoms with Crippen LogP contribution in [-0.2, 0) is 11.2 Å². The van der Waals surface area contributed by atoms with Gasteiger partial charge in [0.05, 0.1) is 10.9 Å². The minimum absolute atomic E-state index is 0.0476. The maximum Gasteiger partial charge on any atom is 0.238 e. The lowest BCUT2D eigenvalue weighted by atomic mass is 10.1. The second-order valence-electron chi connectivity index (χ2n) is 4.53. The highest BCUT2D eigenvalue weighted by Crippen LogP contribution is 2.37. The number of thioether (sulfide) groups is 1. The lowest BCUT2D eigenvalue weighted by Gasteiger charge is -2.11. The molecule has 1 atom stereocenters. The summed E-state index contributed by atoms with van der Waals surface area (Å²) in [6.07, 6.45) is 0.789. The van der Waals surface area contributed by atoms with Crippen LogP contribution in [0.1, 0.15) is 5.56 Å². The predicted molar refractivity (Wildman–Crippen MR) is 92.6 cm³/mol. The number of benzene rings is 2. The number of hydrogen-bond donors (Lipinski definition) is 1. The van der Waals surface area contributed by atoms with E-state index in [0.717, 1.165) is 15.7 Å². The zero-order valence-electron chi connectivity index (χ0n) is 10.4. The van der Waals surface area contributed by atoms with E-state index in [2.05, 4.69) is 40.0 Å². The highest BCUT2D eigenvalue weighted by molar-refractivity contribution is 14.1. The van der Waals surface area contributed by atoms with E-state index in [4.69, 9.17) is 11.6 Å². The van der Waals surface area contributed by atoms with Crippen LogP contribution in [0, 0.1) is 3.57 Å². The Labute approximate surface area is 140 Å². The molecule has 0 bridgehead atoms. The molecular formula is C15H11ClINOS. The summed E-state index contributed by atoms with van der Waals surface area (Å²) in [4.78, 5) is 13.6. The number of rotatable bonds is 2. The molecule has 102 valence electrons. The zero-order chi connectivity index (χ0) is 14.1. The van der Waals surface area contributed by atoms with Crippen molar-refractivity contribution in [3.8, 4) is 0 Å². The van der Waals surface area contributed by atoms with Gasteiger partial charge in [0, 0.05) is 13.5 Å². The van der Waals surface area contributed by atoms with Crippen LogP contribution in [-0.4, -0.2) is 11.2 Å². The molecule has 3 rings (SSSR count). The Hall–Kier alpha value is -0.720. The van der Waals surface area contributed by atoms with Gasteiger partial charge in [-0.2, -0.15) is 0 Å². The lowest BCUT2D eigenvalue weighted by Crippen LogP contribution is -2.25. The fourth-order valence-electron chi connectivity index (χ4n) is 2.13. The molecule has 5 heteroatoms. The maximum absolute atomic E-state index is 12.4. The normalized spacial score (nSPS) is 16.8. The van der Waals surface area contributed by atoms with Crippen molar-refractivity contribution in [2.45, 2.75) is 16.6 Å². The van der Waals surface area contributed by atoms with Gasteiger partial charge >= 0.3 is 0 Å². The Bertz CT molecular complexity index is 652. The quantitative estimate of drug-likeness (QED) is 0.726. The molecule has 0 aromatic heterocycles. The average molecular weight is 416 g/mol. The molecular weight excluding hydrogens is 405 g/mol. The monoisotopic (exact) mass is 415 g/mol. The summed E-state index contributed by atoms with van der Waals surface area (Å²) in [5, 5.41) is 3.61. The van der Waals surface area contributed by atoms with Crippen LogP contribution < -0.4 is 5.32 Å². The summed E-state index contributed by atoms with van der Waals surface area (Å²) in [7, 11) is 0. The first-order chi connectivity index (χ1) is 9.63. The van der Waals surface area contributed by atoms with Crippen molar-refractivity contribution in [1.29, 1.82) is 0 Å². The maximum atomic E-state index is 12.4. The average Bonchev–Trinajstić information content (AvgIpc) is 2.86. The van der Waals surface area contributed by atoms with Gasteiger partial charge < -0.3 is 5.32 Å². The Balaban J connectivity index is 1.72. The van der Waals surface area contributed by atoms with E-state index in [0.29, 0.717) is 5.02 Å². The molecule has 0 saturated carbocycles. The number of fused-ring (bicyclic) bond motifs is 1. The molecule has 1 aliphatic rings. The Morgan fingerprint density at radius 2 is 2.10 bits per heavy atom. The zero-order valence-corrected chi connectivity index (χ0v) is 14.1. The van der Waals surface area contributed by atoms with Gasteiger partial charge in [-0.15, -0.1) is 11.8 Å². The van der Waals surface area contributed by atoms with Crippen molar-refractivity contribution in [3.05, 3.63) is 56.6 Å². The highest BCUT2D eigenvalue weighted by Gasteiger charge is 2.28. The molecule has 0 saturated heterocycles. The topological polar surface area (TPSA) is 29.1 Å². The van der Waals surface area contributed by atoms with Gasteiger partial charge in [-0.25, -0.2) is 0 Å². The van der Waals surface area contributed by atoms with Gasteiger partial charge in [0.25, 0.3) is 0 Å². The van der Waals surface area contributed by atoms with E-state index < -0.39 is 0 Å². The predicted octanol–water partition coefficient (Wildman–Crippen LogP) is 4.60. The summed E-state index contributed by atoms with van der Waals surface area (Å²) in [5.41, 5.74) is 2.07. The van der Waals surface area contributed by atoms with Gasteiger partial charge in [-0.3, -0.25) is 4.79 Å². The van der Waals surface area contributed by atoms with E-state index in [1.165, 1.54) is 10.5 Å². The Morgan fingerprint density at radius 1 is 1.30 bits per heavy atom. The molecule has 2 aromatic carbocycles. The molecule has 0 spiro atoms. The lowest BCUT2D eigenvalue weighted by molar-refractivity contribution is -0.115. The number of halogens is 2. The fraction of sp³-hybridized carbons (Fsp3) is 0.133. The van der Waals surface area contributed by atoms with Crippen molar-refractivity contribution in [2.24, 2.45) is 0 Å². The third-order valence-corrected chi connectivity index (χ3v) is 5.57. The summed E-state index contributed by atoms with van der Waals surface area (Å²) < 4.78 is 0.948. The van der Waals surface area contributed by atoms with Gasteiger partial charge in [0.15, 0.2) is 0 Å². The van der Waals surface area contributed by atoms with Gasteiger partial charge in [-0.05, 0) is 58.8 Å². The van der Waals surface area contributed by atoms with Crippen LogP contribution in [0.4, 0.5) is 5.69 Å². The van der Waals surface area contributed by atoms with Crippen LogP contribution in [0.15, 0.2) is 47.4 Å². The minimum Gasteiger partial charge on any atom is -0.324 e. The molecule has 2 nitrogen and oxygen atoms in total. The van der Waals surface area contributed by atoms with Crippen LogP contribution >= 0.6 is 46.0 Å². The Kier molecular flexibility index (Phi) is 4.23. The van der Waals surface area contributed by atoms with E-state index in [-0.39, 0.29) is 11.2 Å². The van der Waals surface area contributed by atoms with Crippen molar-refractivity contribution >= 4 is 57.5 Å². The molecule has 0 radical (unpaired) electrons. The van der Waals surface area contributed by atoms with Crippen molar-refractivity contribution < 1.29 is 4.79 Å². The third kappa shape index (κ3) is 2.97. The fourth-order valence-corrected chi connectivity index (χ4v) is 4.33. The van der Waals surface area contributed by atoms with E-state index in [1.807, 2.05) is 24.3 Å². The van der Waals surface area contributed by atoms with Gasteiger partial charge in [0.1, 0.15) is 0 Å². The van der Waals surface area contributed by atoms with Crippen LogP contribution in [0.5, 0.6) is 0 Å². The number of carbonyl (C=O) groups excluding carboxylic acids is 1. The van der Waals surface area contributed by atoms with E-state index in [9.17, 15) is 4.79 Å². The van der Waals surface area contributed by atoms with Crippen LogP contribution in [0.25, 0.3) is 0 Å². The van der Waals surface area contributed by atoms with Gasteiger partial charge in [0.2, 0.25) is 5.91 Å². The molecule has 1 unspecified atom stereocenters. The second-order valence-corrected chi connectivity index (χ2v) is 7.37. The van der Waals surface area contributed by atoms with Gasteiger partial charge in [-0.1, -0.05) is 29.8 Å². The first kappa shape index (κ1) is 14.2. The molecule has 0 aliphatic carbocycles. The molecule has 2 aromatic rings. The van der Waals surface area contributed by atoms with Crippen molar-refractivity contribution in [2.75, 3.05) is 5.32 Å². The molecule has 1 N–H and O–H groups in total. The summed E-state index contributed by atoms with van der Waals surface area (Å²) in [6.45, 7) is 0.